The third kappa shape index (κ3) is 10.9. The first-order valence-electron chi connectivity index (χ1n) is 12.3. The topological polar surface area (TPSA) is 54.4 Å². The molecule has 0 aliphatic carbocycles. The average Bonchev–Trinajstić information content (AvgIpc) is 2.67. The molecule has 4 heteroatoms. The Morgan fingerprint density at radius 3 is 1.60 bits per heavy atom. The number of aryl methyl sites for hydroxylation is 1. The van der Waals surface area contributed by atoms with E-state index in [0.717, 1.165) is 12.0 Å². The van der Waals surface area contributed by atoms with Crippen LogP contribution in [0.4, 0.5) is 0 Å². The van der Waals surface area contributed by atoms with Crippen LogP contribution in [0.2, 0.25) is 0 Å². The maximum absolute atomic E-state index is 11.3. The summed E-state index contributed by atoms with van der Waals surface area (Å²) in [5.74, 6) is 0. The number of hydrogen-bond donors (Lipinski definition) is 1. The molecule has 0 aliphatic rings. The van der Waals surface area contributed by atoms with Gasteiger partial charge in [-0.2, -0.15) is 8.42 Å². The summed E-state index contributed by atoms with van der Waals surface area (Å²) in [6, 6.07) is 4.96. The summed E-state index contributed by atoms with van der Waals surface area (Å²) >= 11 is 0. The monoisotopic (exact) mass is 438 g/mol. The molecule has 3 nitrogen and oxygen atoms in total. The Morgan fingerprint density at radius 2 is 1.20 bits per heavy atom. The third-order valence-corrected chi connectivity index (χ3v) is 7.23. The summed E-state index contributed by atoms with van der Waals surface area (Å²) in [4.78, 5) is -0.0176. The van der Waals surface area contributed by atoms with Crippen LogP contribution in [0.5, 0.6) is 0 Å². The zero-order chi connectivity index (χ0) is 22.5. The summed E-state index contributed by atoms with van der Waals surface area (Å²) < 4.78 is 31.9. The smallest absolute Gasteiger partial charge is 0.282 e. The Hall–Kier alpha value is -0.870. The summed E-state index contributed by atoms with van der Waals surface area (Å²) in [5, 5.41) is 0. The van der Waals surface area contributed by atoms with Gasteiger partial charge in [0.1, 0.15) is 0 Å². The number of rotatable bonds is 17. The average molecular weight is 439 g/mol. The lowest BCUT2D eigenvalue weighted by Crippen LogP contribution is -2.19. The first-order valence-corrected chi connectivity index (χ1v) is 13.7. The molecule has 0 unspecified atom stereocenters. The van der Waals surface area contributed by atoms with Gasteiger partial charge in [0.15, 0.2) is 0 Å². The molecule has 1 aromatic rings. The maximum atomic E-state index is 11.3. The van der Waals surface area contributed by atoms with Crippen LogP contribution in [0.3, 0.4) is 0 Å². The minimum absolute atomic E-state index is 0.0129. The maximum Gasteiger partial charge on any atom is 0.294 e. The third-order valence-electron chi connectivity index (χ3n) is 6.38. The van der Waals surface area contributed by atoms with Crippen LogP contribution < -0.4 is 0 Å². The van der Waals surface area contributed by atoms with E-state index in [1.54, 1.807) is 6.07 Å². The van der Waals surface area contributed by atoms with E-state index in [9.17, 15) is 13.0 Å². The lowest BCUT2D eigenvalue weighted by molar-refractivity contribution is 0.438. The van der Waals surface area contributed by atoms with E-state index in [1.165, 1.54) is 102 Å². The van der Waals surface area contributed by atoms with E-state index in [1.807, 2.05) is 13.0 Å². The minimum Gasteiger partial charge on any atom is -0.282 e. The van der Waals surface area contributed by atoms with Crippen molar-refractivity contribution in [2.45, 2.75) is 134 Å². The Balaban J connectivity index is 2.15. The zero-order valence-electron chi connectivity index (χ0n) is 20.0. The lowest BCUT2D eigenvalue weighted by atomic mass is 9.78. The SMILES string of the molecule is CCCCCCCCCCCCCCCCC(C)(C)c1ccc(S(=O)(=O)O)cc1C. The second-order valence-electron chi connectivity index (χ2n) is 9.68. The lowest BCUT2D eigenvalue weighted by Gasteiger charge is -2.27. The standard InChI is InChI=1S/C26H46O3S/c1-5-6-7-8-9-10-11-12-13-14-15-16-17-18-21-26(3,4)25-20-19-24(22-23(25)2)30(27,28)29/h19-20,22H,5-18,21H2,1-4H3,(H,27,28,29). The molecule has 0 fully saturated rings. The van der Waals surface area contributed by atoms with Gasteiger partial charge in [-0.3, -0.25) is 4.55 Å². The molecule has 0 aromatic heterocycles. The van der Waals surface area contributed by atoms with Crippen LogP contribution in [0.1, 0.15) is 128 Å². The molecular weight excluding hydrogens is 392 g/mol. The van der Waals surface area contributed by atoms with Crippen LogP contribution in [0.15, 0.2) is 23.1 Å². The van der Waals surface area contributed by atoms with Crippen molar-refractivity contribution in [2.75, 3.05) is 0 Å². The Bertz CT molecular complexity index is 692. The molecule has 0 heterocycles. The van der Waals surface area contributed by atoms with Gasteiger partial charge >= 0.3 is 0 Å². The molecule has 1 rings (SSSR count). The molecule has 0 saturated carbocycles. The fourth-order valence-electron chi connectivity index (χ4n) is 4.45. The van der Waals surface area contributed by atoms with E-state index in [0.29, 0.717) is 0 Å². The van der Waals surface area contributed by atoms with Gasteiger partial charge in [-0.05, 0) is 42.0 Å². The van der Waals surface area contributed by atoms with Gasteiger partial charge in [-0.15, -0.1) is 0 Å². The van der Waals surface area contributed by atoms with Gasteiger partial charge in [0.25, 0.3) is 10.1 Å². The van der Waals surface area contributed by atoms with Crippen molar-refractivity contribution in [3.05, 3.63) is 29.3 Å². The summed E-state index contributed by atoms with van der Waals surface area (Å²) in [5.41, 5.74) is 2.11. The minimum atomic E-state index is -4.13. The first kappa shape index (κ1) is 27.2. The van der Waals surface area contributed by atoms with Crippen LogP contribution in [0, 0.1) is 6.92 Å². The van der Waals surface area contributed by atoms with E-state index in [-0.39, 0.29) is 10.3 Å². The van der Waals surface area contributed by atoms with Gasteiger partial charge in [0.05, 0.1) is 4.90 Å². The highest BCUT2D eigenvalue weighted by molar-refractivity contribution is 7.85. The fraction of sp³-hybridized carbons (Fsp3) is 0.769. The van der Waals surface area contributed by atoms with Crippen molar-refractivity contribution in [2.24, 2.45) is 0 Å². The molecule has 30 heavy (non-hydrogen) atoms. The molecular formula is C26H46O3S. The molecule has 174 valence electrons. The molecule has 0 aliphatic heterocycles. The zero-order valence-corrected chi connectivity index (χ0v) is 20.8. The molecule has 0 bridgehead atoms. The number of hydrogen-bond acceptors (Lipinski definition) is 2. The second-order valence-corrected chi connectivity index (χ2v) is 11.1. The summed E-state index contributed by atoms with van der Waals surface area (Å²) in [7, 11) is -4.13. The predicted octanol–water partition coefficient (Wildman–Crippen LogP) is 8.39. The van der Waals surface area contributed by atoms with Crippen LogP contribution in [-0.2, 0) is 15.5 Å². The van der Waals surface area contributed by atoms with E-state index < -0.39 is 10.1 Å². The highest BCUT2D eigenvalue weighted by Crippen LogP contribution is 2.33. The molecule has 0 saturated heterocycles. The molecule has 0 amide bonds. The van der Waals surface area contributed by atoms with Gasteiger partial charge in [0, 0.05) is 0 Å². The van der Waals surface area contributed by atoms with Crippen molar-refractivity contribution < 1.29 is 13.0 Å². The molecule has 1 N–H and O–H groups in total. The van der Waals surface area contributed by atoms with Crippen molar-refractivity contribution in [3.63, 3.8) is 0 Å². The molecule has 0 atom stereocenters. The predicted molar refractivity (Wildman–Crippen MR) is 129 cm³/mol. The highest BCUT2D eigenvalue weighted by Gasteiger charge is 2.23. The fourth-order valence-corrected chi connectivity index (χ4v) is 5.02. The van der Waals surface area contributed by atoms with Crippen LogP contribution in [-0.4, -0.2) is 13.0 Å². The van der Waals surface area contributed by atoms with Crippen LogP contribution in [0.25, 0.3) is 0 Å². The Morgan fingerprint density at radius 1 is 0.767 bits per heavy atom. The summed E-state index contributed by atoms with van der Waals surface area (Å²) in [6.45, 7) is 8.65. The van der Waals surface area contributed by atoms with E-state index >= 15 is 0 Å². The molecule has 0 spiro atoms. The molecule has 1 aromatic carbocycles. The Kier molecular flexibility index (Phi) is 12.9. The highest BCUT2D eigenvalue weighted by atomic mass is 32.2. The van der Waals surface area contributed by atoms with Gasteiger partial charge < -0.3 is 0 Å². The summed E-state index contributed by atoms with van der Waals surface area (Å²) in [6.07, 6.45) is 20.2. The largest absolute Gasteiger partial charge is 0.294 e. The number of unbranched alkanes of at least 4 members (excludes halogenated alkanes) is 13. The van der Waals surface area contributed by atoms with Crippen molar-refractivity contribution >= 4 is 10.1 Å². The first-order chi connectivity index (χ1) is 14.2. The van der Waals surface area contributed by atoms with Gasteiger partial charge in [-0.1, -0.05) is 117 Å². The van der Waals surface area contributed by atoms with Crippen molar-refractivity contribution in [1.82, 2.24) is 0 Å². The van der Waals surface area contributed by atoms with Crippen molar-refractivity contribution in [1.29, 1.82) is 0 Å². The van der Waals surface area contributed by atoms with Crippen molar-refractivity contribution in [3.8, 4) is 0 Å². The number of benzene rings is 1. The van der Waals surface area contributed by atoms with E-state index in [2.05, 4.69) is 20.8 Å². The van der Waals surface area contributed by atoms with Crippen LogP contribution >= 0.6 is 0 Å². The molecule has 0 radical (unpaired) electrons. The Labute approximate surface area is 186 Å². The second kappa shape index (κ2) is 14.2. The van der Waals surface area contributed by atoms with Gasteiger partial charge in [-0.25, -0.2) is 0 Å². The van der Waals surface area contributed by atoms with Gasteiger partial charge in [0.2, 0.25) is 0 Å². The van der Waals surface area contributed by atoms with E-state index in [4.69, 9.17) is 0 Å². The normalized spacial score (nSPS) is 12.4. The quantitative estimate of drug-likeness (QED) is 0.196.